The molecule has 3 aromatic rings. The van der Waals surface area contributed by atoms with Gasteiger partial charge in [-0.25, -0.2) is 0 Å². The summed E-state index contributed by atoms with van der Waals surface area (Å²) in [7, 11) is 0. The molecule has 0 fully saturated rings. The van der Waals surface area contributed by atoms with Crippen molar-refractivity contribution in [1.29, 1.82) is 0 Å². The summed E-state index contributed by atoms with van der Waals surface area (Å²) in [6.07, 6.45) is 0. The minimum Gasteiger partial charge on any atom is -0.330 e. The molecule has 0 saturated carbocycles. The second kappa shape index (κ2) is 6.13. The third-order valence-electron chi connectivity index (χ3n) is 2.86. The van der Waals surface area contributed by atoms with E-state index >= 15 is 0 Å². The number of nitrogens with one attached hydrogen (secondary N) is 1. The van der Waals surface area contributed by atoms with E-state index in [4.69, 9.17) is 11.6 Å². The Kier molecular flexibility index (Phi) is 4.24. The highest BCUT2D eigenvalue weighted by Gasteiger charge is 2.07. The predicted molar refractivity (Wildman–Crippen MR) is 92.5 cm³/mol. The molecule has 0 saturated heterocycles. The molecule has 1 heterocycles. The number of hydrogen-bond acceptors (Lipinski definition) is 4. The number of hydrogen-bond donors (Lipinski definition) is 1. The van der Waals surface area contributed by atoms with Crippen molar-refractivity contribution >= 4 is 49.7 Å². The highest BCUT2D eigenvalue weighted by Crippen LogP contribution is 2.31. The van der Waals surface area contributed by atoms with Crippen LogP contribution in [0.15, 0.2) is 46.9 Å². The van der Waals surface area contributed by atoms with Crippen LogP contribution in [0.5, 0.6) is 0 Å². The van der Waals surface area contributed by atoms with Crippen LogP contribution in [0.3, 0.4) is 0 Å². The van der Waals surface area contributed by atoms with Crippen LogP contribution in [-0.2, 0) is 0 Å². The molecule has 0 aliphatic carbocycles. The molecule has 0 unspecified atom stereocenters. The summed E-state index contributed by atoms with van der Waals surface area (Å²) in [5.74, 6) is 0. The zero-order valence-corrected chi connectivity index (χ0v) is 14.3. The second-order valence-corrected chi connectivity index (χ2v) is 6.77. The molecule has 0 amide bonds. The van der Waals surface area contributed by atoms with E-state index in [9.17, 15) is 0 Å². The van der Waals surface area contributed by atoms with Gasteiger partial charge >= 0.3 is 0 Å². The van der Waals surface area contributed by atoms with Crippen molar-refractivity contribution in [3.8, 4) is 10.6 Å². The summed E-state index contributed by atoms with van der Waals surface area (Å²) < 4.78 is 0.868. The third-order valence-corrected chi connectivity index (χ3v) is 4.98. The largest absolute Gasteiger partial charge is 0.330 e. The van der Waals surface area contributed by atoms with Crippen molar-refractivity contribution in [3.63, 3.8) is 0 Å². The molecule has 0 radical (unpaired) electrons. The minimum atomic E-state index is 0.656. The molecule has 1 aromatic heterocycles. The normalized spacial score (nSPS) is 10.6. The van der Waals surface area contributed by atoms with E-state index in [0.717, 1.165) is 25.9 Å². The number of halogens is 2. The van der Waals surface area contributed by atoms with Gasteiger partial charge in [0.1, 0.15) is 5.01 Å². The first-order valence-electron chi connectivity index (χ1n) is 6.24. The summed E-state index contributed by atoms with van der Waals surface area (Å²) in [4.78, 5) is 0. The highest BCUT2D eigenvalue weighted by atomic mass is 79.9. The van der Waals surface area contributed by atoms with E-state index in [1.807, 2.05) is 30.3 Å². The Labute approximate surface area is 140 Å². The lowest BCUT2D eigenvalue weighted by Crippen LogP contribution is -1.89. The molecule has 3 rings (SSSR count). The minimum absolute atomic E-state index is 0.656. The van der Waals surface area contributed by atoms with E-state index in [0.29, 0.717) is 5.02 Å². The van der Waals surface area contributed by atoms with Gasteiger partial charge in [0.25, 0.3) is 0 Å². The van der Waals surface area contributed by atoms with Crippen LogP contribution in [0, 0.1) is 6.92 Å². The van der Waals surface area contributed by atoms with Crippen LogP contribution >= 0.6 is 38.9 Å². The topological polar surface area (TPSA) is 37.8 Å². The first-order chi connectivity index (χ1) is 10.1. The highest BCUT2D eigenvalue weighted by molar-refractivity contribution is 9.10. The van der Waals surface area contributed by atoms with E-state index < -0.39 is 0 Å². The van der Waals surface area contributed by atoms with Crippen LogP contribution in [0.2, 0.25) is 5.02 Å². The summed E-state index contributed by atoms with van der Waals surface area (Å²) >= 11 is 11.0. The van der Waals surface area contributed by atoms with Gasteiger partial charge in [0.2, 0.25) is 5.13 Å². The molecule has 0 aliphatic heterocycles. The number of aryl methyl sites for hydroxylation is 1. The van der Waals surface area contributed by atoms with Gasteiger partial charge in [0, 0.05) is 15.7 Å². The summed E-state index contributed by atoms with van der Waals surface area (Å²) in [5.41, 5.74) is 3.17. The van der Waals surface area contributed by atoms with Crippen LogP contribution in [0.4, 0.5) is 10.8 Å². The Hall–Kier alpha value is -1.43. The first kappa shape index (κ1) is 14.5. The van der Waals surface area contributed by atoms with Gasteiger partial charge in [-0.15, -0.1) is 10.2 Å². The Morgan fingerprint density at radius 1 is 1.14 bits per heavy atom. The van der Waals surface area contributed by atoms with Crippen LogP contribution in [-0.4, -0.2) is 10.2 Å². The number of benzene rings is 2. The van der Waals surface area contributed by atoms with Gasteiger partial charge in [0.05, 0.1) is 5.02 Å². The number of anilines is 2. The molecule has 2 aromatic carbocycles. The number of rotatable bonds is 3. The Morgan fingerprint density at radius 3 is 2.76 bits per heavy atom. The fourth-order valence-electron chi connectivity index (χ4n) is 1.87. The average Bonchev–Trinajstić information content (AvgIpc) is 2.91. The lowest BCUT2D eigenvalue weighted by Gasteiger charge is -2.03. The van der Waals surface area contributed by atoms with E-state index in [1.165, 1.54) is 16.9 Å². The lowest BCUT2D eigenvalue weighted by atomic mass is 10.1. The molecule has 106 valence electrons. The van der Waals surface area contributed by atoms with Gasteiger partial charge in [-0.05, 0) is 47.1 Å². The molecule has 0 bridgehead atoms. The zero-order valence-electron chi connectivity index (χ0n) is 11.1. The first-order valence-corrected chi connectivity index (χ1v) is 8.23. The third kappa shape index (κ3) is 3.43. The lowest BCUT2D eigenvalue weighted by molar-refractivity contribution is 1.10. The SMILES string of the molecule is Cc1cccc(-c2nnc(Nc3ccc(Br)c(Cl)c3)s2)c1. The van der Waals surface area contributed by atoms with Crippen molar-refractivity contribution < 1.29 is 0 Å². The van der Waals surface area contributed by atoms with Crippen LogP contribution < -0.4 is 5.32 Å². The number of nitrogens with zero attached hydrogens (tertiary/aromatic N) is 2. The smallest absolute Gasteiger partial charge is 0.210 e. The molecule has 0 aliphatic rings. The monoisotopic (exact) mass is 379 g/mol. The quantitative estimate of drug-likeness (QED) is 0.636. The molecule has 1 N–H and O–H groups in total. The number of aromatic nitrogens is 2. The Balaban J connectivity index is 1.83. The van der Waals surface area contributed by atoms with Crippen molar-refractivity contribution in [2.75, 3.05) is 5.32 Å². The molecule has 0 spiro atoms. The van der Waals surface area contributed by atoms with E-state index in [-0.39, 0.29) is 0 Å². The van der Waals surface area contributed by atoms with Gasteiger partial charge < -0.3 is 5.32 Å². The van der Waals surface area contributed by atoms with Gasteiger partial charge in [-0.1, -0.05) is 46.7 Å². The fraction of sp³-hybridized carbons (Fsp3) is 0.0667. The zero-order chi connectivity index (χ0) is 14.8. The van der Waals surface area contributed by atoms with Crippen LogP contribution in [0.1, 0.15) is 5.56 Å². The van der Waals surface area contributed by atoms with Crippen LogP contribution in [0.25, 0.3) is 10.6 Å². The summed E-state index contributed by atoms with van der Waals surface area (Å²) in [6, 6.07) is 13.9. The summed E-state index contributed by atoms with van der Waals surface area (Å²) in [6.45, 7) is 2.06. The molecule has 21 heavy (non-hydrogen) atoms. The molecular weight excluding hydrogens is 370 g/mol. The standard InChI is InChI=1S/C15H11BrClN3S/c1-9-3-2-4-10(7-9)14-19-20-15(21-14)18-11-5-6-12(16)13(17)8-11/h2-8H,1H3,(H,18,20). The maximum absolute atomic E-state index is 6.08. The fourth-order valence-corrected chi connectivity index (χ4v) is 3.05. The van der Waals surface area contributed by atoms with E-state index in [2.05, 4.69) is 50.5 Å². The van der Waals surface area contributed by atoms with Crippen molar-refractivity contribution in [1.82, 2.24) is 10.2 Å². The average molecular weight is 381 g/mol. The molecule has 6 heteroatoms. The van der Waals surface area contributed by atoms with Gasteiger partial charge in [0.15, 0.2) is 0 Å². The summed E-state index contributed by atoms with van der Waals surface area (Å²) in [5, 5.41) is 13.9. The maximum Gasteiger partial charge on any atom is 0.210 e. The molecule has 3 nitrogen and oxygen atoms in total. The van der Waals surface area contributed by atoms with Crippen molar-refractivity contribution in [2.45, 2.75) is 6.92 Å². The van der Waals surface area contributed by atoms with Crippen molar-refractivity contribution in [2.24, 2.45) is 0 Å². The molecular formula is C15H11BrClN3S. The van der Waals surface area contributed by atoms with Gasteiger partial charge in [-0.3, -0.25) is 0 Å². The maximum atomic E-state index is 6.08. The predicted octanol–water partition coefficient (Wildman–Crippen LogP) is 5.67. The van der Waals surface area contributed by atoms with E-state index in [1.54, 1.807) is 0 Å². The second-order valence-electron chi connectivity index (χ2n) is 4.54. The van der Waals surface area contributed by atoms with Crippen molar-refractivity contribution in [3.05, 3.63) is 57.5 Å². The Morgan fingerprint density at radius 2 is 2.00 bits per heavy atom. The molecule has 0 atom stereocenters. The Bertz CT molecular complexity index is 788. The van der Waals surface area contributed by atoms with Gasteiger partial charge in [-0.2, -0.15) is 0 Å².